The lowest BCUT2D eigenvalue weighted by atomic mass is 10.0. The van der Waals surface area contributed by atoms with Gasteiger partial charge in [0.1, 0.15) is 17.1 Å². The van der Waals surface area contributed by atoms with Crippen LogP contribution in [0, 0.1) is 6.92 Å². The Hall–Kier alpha value is -4.08. The SMILES string of the molecule is Cc1nonc1CN(C)Cc1cc(-c2ccc3c(c2)OCO3)ccc1OCC(=O)NCCc1ccccc1Cl. The highest BCUT2D eigenvalue weighted by atomic mass is 35.5. The van der Waals surface area contributed by atoms with Crippen LogP contribution in [0.15, 0.2) is 65.3 Å². The predicted molar refractivity (Wildman–Crippen MR) is 146 cm³/mol. The molecule has 9 nitrogen and oxygen atoms in total. The largest absolute Gasteiger partial charge is 0.483 e. The summed E-state index contributed by atoms with van der Waals surface area (Å²) < 4.78 is 21.8. The Morgan fingerprint density at radius 2 is 1.79 bits per heavy atom. The first kappa shape index (κ1) is 26.5. The minimum Gasteiger partial charge on any atom is -0.483 e. The van der Waals surface area contributed by atoms with Crippen LogP contribution in [0.3, 0.4) is 0 Å². The Morgan fingerprint density at radius 3 is 2.62 bits per heavy atom. The zero-order chi connectivity index (χ0) is 27.2. The molecule has 0 saturated carbocycles. The molecule has 1 amide bonds. The van der Waals surface area contributed by atoms with Gasteiger partial charge in [0.15, 0.2) is 18.1 Å². The van der Waals surface area contributed by atoms with Crippen LogP contribution in [-0.4, -0.2) is 48.1 Å². The second kappa shape index (κ2) is 12.2. The summed E-state index contributed by atoms with van der Waals surface area (Å²) in [5.41, 5.74) is 5.41. The number of benzene rings is 3. The van der Waals surface area contributed by atoms with Gasteiger partial charge in [0.25, 0.3) is 5.91 Å². The fourth-order valence-electron chi connectivity index (χ4n) is 4.33. The molecule has 0 spiro atoms. The van der Waals surface area contributed by atoms with Crippen molar-refractivity contribution in [1.29, 1.82) is 0 Å². The smallest absolute Gasteiger partial charge is 0.257 e. The molecule has 0 saturated heterocycles. The lowest BCUT2D eigenvalue weighted by Gasteiger charge is -2.19. The number of carbonyl (C=O) groups is 1. The highest BCUT2D eigenvalue weighted by Crippen LogP contribution is 2.37. The Bertz CT molecular complexity index is 1460. The van der Waals surface area contributed by atoms with Crippen molar-refractivity contribution in [2.75, 3.05) is 27.0 Å². The van der Waals surface area contributed by atoms with Crippen LogP contribution < -0.4 is 19.5 Å². The second-order valence-corrected chi connectivity index (χ2v) is 9.75. The number of nitrogens with zero attached hydrogens (tertiary/aromatic N) is 3. The van der Waals surface area contributed by atoms with Gasteiger partial charge in [0, 0.05) is 30.2 Å². The average Bonchev–Trinajstić information content (AvgIpc) is 3.57. The Labute approximate surface area is 231 Å². The molecule has 0 bridgehead atoms. The minimum absolute atomic E-state index is 0.102. The van der Waals surface area contributed by atoms with Crippen LogP contribution >= 0.6 is 11.6 Å². The number of aromatic nitrogens is 2. The highest BCUT2D eigenvalue weighted by molar-refractivity contribution is 6.31. The van der Waals surface area contributed by atoms with E-state index >= 15 is 0 Å². The fourth-order valence-corrected chi connectivity index (χ4v) is 4.56. The summed E-state index contributed by atoms with van der Waals surface area (Å²) in [5.74, 6) is 1.87. The van der Waals surface area contributed by atoms with Crippen LogP contribution in [0.2, 0.25) is 5.02 Å². The lowest BCUT2D eigenvalue weighted by Crippen LogP contribution is -2.30. The van der Waals surface area contributed by atoms with Crippen LogP contribution in [0.1, 0.15) is 22.5 Å². The van der Waals surface area contributed by atoms with Gasteiger partial charge in [0.05, 0.1) is 0 Å². The van der Waals surface area contributed by atoms with Gasteiger partial charge in [-0.3, -0.25) is 9.69 Å². The molecular formula is C29H29ClN4O5. The third-order valence-corrected chi connectivity index (χ3v) is 6.77. The number of hydrogen-bond acceptors (Lipinski definition) is 8. The molecule has 3 aromatic carbocycles. The molecule has 1 aliphatic heterocycles. The van der Waals surface area contributed by atoms with Crippen molar-refractivity contribution in [1.82, 2.24) is 20.5 Å². The number of nitrogens with one attached hydrogen (secondary N) is 1. The van der Waals surface area contributed by atoms with Gasteiger partial charge in [-0.25, -0.2) is 4.63 Å². The maximum atomic E-state index is 12.5. The van der Waals surface area contributed by atoms with Crippen LogP contribution in [0.25, 0.3) is 11.1 Å². The van der Waals surface area contributed by atoms with E-state index in [9.17, 15) is 4.79 Å². The normalized spacial score (nSPS) is 12.1. The highest BCUT2D eigenvalue weighted by Gasteiger charge is 2.17. The van der Waals surface area contributed by atoms with Crippen molar-refractivity contribution in [3.05, 3.63) is 88.2 Å². The quantitative estimate of drug-likeness (QED) is 0.285. The molecule has 0 fully saturated rings. The van der Waals surface area contributed by atoms with Crippen molar-refractivity contribution in [2.24, 2.45) is 0 Å². The van der Waals surface area contributed by atoms with Gasteiger partial charge in [0.2, 0.25) is 6.79 Å². The number of rotatable bonds is 11. The number of ether oxygens (including phenoxy) is 3. The summed E-state index contributed by atoms with van der Waals surface area (Å²) in [6, 6.07) is 19.4. The van der Waals surface area contributed by atoms with E-state index in [1.54, 1.807) is 0 Å². The van der Waals surface area contributed by atoms with E-state index in [1.165, 1.54) is 0 Å². The Morgan fingerprint density at radius 1 is 1.00 bits per heavy atom. The van der Waals surface area contributed by atoms with Gasteiger partial charge in [-0.1, -0.05) is 52.2 Å². The van der Waals surface area contributed by atoms with Gasteiger partial charge in [-0.05, 0) is 67.4 Å². The summed E-state index contributed by atoms with van der Waals surface area (Å²) in [6.07, 6.45) is 0.641. The van der Waals surface area contributed by atoms with E-state index in [-0.39, 0.29) is 19.3 Å². The number of fused-ring (bicyclic) bond motifs is 1. The van der Waals surface area contributed by atoms with Gasteiger partial charge in [-0.15, -0.1) is 0 Å². The average molecular weight is 549 g/mol. The van der Waals surface area contributed by atoms with E-state index < -0.39 is 0 Å². The van der Waals surface area contributed by atoms with Crippen LogP contribution in [0.5, 0.6) is 17.2 Å². The number of hydrogen-bond donors (Lipinski definition) is 1. The number of amides is 1. The summed E-state index contributed by atoms with van der Waals surface area (Å²) in [7, 11) is 1.98. The first-order valence-electron chi connectivity index (χ1n) is 12.6. The molecule has 202 valence electrons. The number of halogens is 1. The standard InChI is InChI=1S/C29H29ClN4O5/c1-19-25(33-39-32-19)16-34(2)15-23-13-21(22-8-10-27-28(14-22)38-18-37-27)7-9-26(23)36-17-29(35)31-12-11-20-5-3-4-6-24(20)30/h3-10,13-14H,11-12,15-18H2,1-2H3,(H,31,35). The van der Waals surface area contributed by atoms with Crippen LogP contribution in [-0.2, 0) is 24.3 Å². The molecule has 0 aliphatic carbocycles. The molecule has 10 heteroatoms. The summed E-state index contributed by atoms with van der Waals surface area (Å²) >= 11 is 6.21. The molecule has 0 atom stereocenters. The molecule has 0 radical (unpaired) electrons. The molecule has 0 unspecified atom stereocenters. The van der Waals surface area contributed by atoms with E-state index in [0.717, 1.165) is 39.4 Å². The molecule has 1 N–H and O–H groups in total. The van der Waals surface area contributed by atoms with E-state index in [2.05, 4.69) is 26.6 Å². The monoisotopic (exact) mass is 548 g/mol. The van der Waals surface area contributed by atoms with E-state index in [4.69, 9.17) is 30.4 Å². The van der Waals surface area contributed by atoms with Crippen molar-refractivity contribution < 1.29 is 23.6 Å². The lowest BCUT2D eigenvalue weighted by molar-refractivity contribution is -0.123. The molecule has 5 rings (SSSR count). The topological polar surface area (TPSA) is 99.0 Å². The molecule has 39 heavy (non-hydrogen) atoms. The maximum Gasteiger partial charge on any atom is 0.257 e. The van der Waals surface area contributed by atoms with E-state index in [0.29, 0.717) is 42.6 Å². The Kier molecular flexibility index (Phi) is 8.29. The third-order valence-electron chi connectivity index (χ3n) is 6.41. The molecular weight excluding hydrogens is 520 g/mol. The molecule has 2 heterocycles. The Balaban J connectivity index is 1.28. The van der Waals surface area contributed by atoms with Crippen molar-refractivity contribution >= 4 is 17.5 Å². The number of carbonyl (C=O) groups excluding carboxylic acids is 1. The first-order valence-corrected chi connectivity index (χ1v) is 13.0. The minimum atomic E-state index is -0.203. The van der Waals surface area contributed by atoms with Crippen molar-refractivity contribution in [3.8, 4) is 28.4 Å². The van der Waals surface area contributed by atoms with E-state index in [1.807, 2.05) is 68.6 Å². The summed E-state index contributed by atoms with van der Waals surface area (Å²) in [5, 5.41) is 11.4. The van der Waals surface area contributed by atoms with Crippen molar-refractivity contribution in [3.63, 3.8) is 0 Å². The molecule has 1 aliphatic rings. The second-order valence-electron chi connectivity index (χ2n) is 9.34. The van der Waals surface area contributed by atoms with Gasteiger partial charge < -0.3 is 19.5 Å². The zero-order valence-corrected chi connectivity index (χ0v) is 22.5. The predicted octanol–water partition coefficient (Wildman–Crippen LogP) is 4.80. The first-order chi connectivity index (χ1) is 19.0. The fraction of sp³-hybridized carbons (Fsp3) is 0.276. The number of aryl methyl sites for hydroxylation is 1. The molecule has 4 aromatic rings. The molecule has 1 aromatic heterocycles. The van der Waals surface area contributed by atoms with Gasteiger partial charge in [-0.2, -0.15) is 0 Å². The van der Waals surface area contributed by atoms with Gasteiger partial charge >= 0.3 is 0 Å². The van der Waals surface area contributed by atoms with Crippen molar-refractivity contribution in [2.45, 2.75) is 26.4 Å². The maximum absolute atomic E-state index is 12.5. The van der Waals surface area contributed by atoms with Crippen LogP contribution in [0.4, 0.5) is 0 Å². The summed E-state index contributed by atoms with van der Waals surface area (Å²) in [4.78, 5) is 14.6. The third kappa shape index (κ3) is 6.68. The summed E-state index contributed by atoms with van der Waals surface area (Å²) in [6.45, 7) is 3.54. The zero-order valence-electron chi connectivity index (χ0n) is 21.8.